The lowest BCUT2D eigenvalue weighted by atomic mass is 10.2. The van der Waals surface area contributed by atoms with Gasteiger partial charge in [0.15, 0.2) is 0 Å². The summed E-state index contributed by atoms with van der Waals surface area (Å²) in [5.74, 6) is -0.920. The van der Waals surface area contributed by atoms with E-state index in [1.54, 1.807) is 13.0 Å². The normalized spacial score (nSPS) is 10.4. The first kappa shape index (κ1) is 10.9. The fraction of sp³-hybridized carbons (Fsp3) is 0.0909. The fourth-order valence-corrected chi connectivity index (χ4v) is 1.80. The Morgan fingerprint density at radius 1 is 1.44 bits per heavy atom. The van der Waals surface area contributed by atoms with Crippen molar-refractivity contribution in [3.05, 3.63) is 40.2 Å². The molecule has 1 heterocycles. The minimum absolute atomic E-state index is 0.120. The van der Waals surface area contributed by atoms with E-state index in [9.17, 15) is 4.79 Å². The van der Waals surface area contributed by atoms with Gasteiger partial charge in [-0.15, -0.1) is 0 Å². The quantitative estimate of drug-likeness (QED) is 0.919. The highest BCUT2D eigenvalue weighted by atomic mass is 79.9. The van der Waals surface area contributed by atoms with Crippen molar-refractivity contribution in [2.75, 3.05) is 0 Å². The van der Waals surface area contributed by atoms with Crippen LogP contribution in [0.1, 0.15) is 16.2 Å². The molecular formula is C11H8BrNO3. The van der Waals surface area contributed by atoms with Gasteiger partial charge in [-0.25, -0.2) is 9.78 Å². The molecule has 0 amide bonds. The van der Waals surface area contributed by atoms with Crippen molar-refractivity contribution < 1.29 is 14.3 Å². The molecule has 0 bridgehead atoms. The molecule has 1 aromatic carbocycles. The lowest BCUT2D eigenvalue weighted by molar-refractivity contribution is 0.0662. The molecular weight excluding hydrogens is 274 g/mol. The molecule has 0 saturated carbocycles. The number of rotatable bonds is 2. The smallest absolute Gasteiger partial charge is 0.373 e. The lowest BCUT2D eigenvalue weighted by Gasteiger charge is -1.97. The Morgan fingerprint density at radius 3 is 2.69 bits per heavy atom. The number of carboxylic acids is 1. The van der Waals surface area contributed by atoms with Crippen molar-refractivity contribution in [1.82, 2.24) is 4.98 Å². The Balaban J connectivity index is 2.54. The van der Waals surface area contributed by atoms with E-state index in [4.69, 9.17) is 9.52 Å². The summed E-state index contributed by atoms with van der Waals surface area (Å²) in [6.07, 6.45) is 0. The minimum Gasteiger partial charge on any atom is -0.475 e. The molecule has 0 aliphatic heterocycles. The third kappa shape index (κ3) is 1.86. The summed E-state index contributed by atoms with van der Waals surface area (Å²) in [7, 11) is 0. The molecule has 0 spiro atoms. The number of carboxylic acid groups (broad SMARTS) is 1. The second-order valence-corrected chi connectivity index (χ2v) is 4.07. The first-order valence-corrected chi connectivity index (χ1v) is 5.34. The fourth-order valence-electron chi connectivity index (χ4n) is 1.34. The standard InChI is InChI=1S/C11H8BrNO3/c1-6-9(11(14)15)16-10(13-6)7-4-2-3-5-8(7)12/h2-5H,1H3,(H,14,15). The van der Waals surface area contributed by atoms with Gasteiger partial charge in [0.2, 0.25) is 11.7 Å². The van der Waals surface area contributed by atoms with Gasteiger partial charge in [-0.3, -0.25) is 0 Å². The van der Waals surface area contributed by atoms with Crippen LogP contribution in [0.5, 0.6) is 0 Å². The Morgan fingerprint density at radius 2 is 2.12 bits per heavy atom. The minimum atomic E-state index is -1.11. The molecule has 82 valence electrons. The van der Waals surface area contributed by atoms with E-state index in [-0.39, 0.29) is 5.76 Å². The number of aromatic carboxylic acids is 1. The highest BCUT2D eigenvalue weighted by Gasteiger charge is 2.18. The van der Waals surface area contributed by atoms with E-state index in [1.165, 1.54) is 0 Å². The van der Waals surface area contributed by atoms with Gasteiger partial charge in [0.05, 0.1) is 11.3 Å². The van der Waals surface area contributed by atoms with Crippen LogP contribution >= 0.6 is 15.9 Å². The maximum atomic E-state index is 10.8. The number of halogens is 1. The molecule has 0 aliphatic rings. The molecule has 1 aromatic heterocycles. The number of carbonyl (C=O) groups is 1. The summed E-state index contributed by atoms with van der Waals surface area (Å²) in [4.78, 5) is 14.9. The van der Waals surface area contributed by atoms with Gasteiger partial charge in [-0.2, -0.15) is 0 Å². The van der Waals surface area contributed by atoms with Crippen LogP contribution in [0, 0.1) is 6.92 Å². The number of aromatic nitrogens is 1. The predicted molar refractivity (Wildman–Crippen MR) is 61.3 cm³/mol. The van der Waals surface area contributed by atoms with Gasteiger partial charge >= 0.3 is 5.97 Å². The van der Waals surface area contributed by atoms with Gasteiger partial charge in [-0.1, -0.05) is 12.1 Å². The van der Waals surface area contributed by atoms with E-state index in [2.05, 4.69) is 20.9 Å². The Bertz CT molecular complexity index is 548. The molecule has 1 N–H and O–H groups in total. The third-order valence-corrected chi connectivity index (χ3v) is 2.79. The molecule has 0 radical (unpaired) electrons. The van der Waals surface area contributed by atoms with Crippen molar-refractivity contribution in [3.63, 3.8) is 0 Å². The van der Waals surface area contributed by atoms with E-state index in [0.29, 0.717) is 11.6 Å². The molecule has 0 unspecified atom stereocenters. The second-order valence-electron chi connectivity index (χ2n) is 3.22. The van der Waals surface area contributed by atoms with Crippen LogP contribution < -0.4 is 0 Å². The third-order valence-electron chi connectivity index (χ3n) is 2.10. The van der Waals surface area contributed by atoms with Crippen LogP contribution in [0.2, 0.25) is 0 Å². The maximum Gasteiger partial charge on any atom is 0.373 e. The van der Waals surface area contributed by atoms with Crippen molar-refractivity contribution in [2.24, 2.45) is 0 Å². The zero-order valence-electron chi connectivity index (χ0n) is 8.40. The first-order valence-electron chi connectivity index (χ1n) is 4.55. The number of aryl methyl sites for hydroxylation is 1. The van der Waals surface area contributed by atoms with Crippen LogP contribution in [-0.2, 0) is 0 Å². The van der Waals surface area contributed by atoms with Gasteiger partial charge in [0.25, 0.3) is 0 Å². The monoisotopic (exact) mass is 281 g/mol. The first-order chi connectivity index (χ1) is 7.59. The van der Waals surface area contributed by atoms with Crippen molar-refractivity contribution in [2.45, 2.75) is 6.92 Å². The summed E-state index contributed by atoms with van der Waals surface area (Å²) in [5, 5.41) is 8.85. The van der Waals surface area contributed by atoms with Crippen molar-refractivity contribution in [1.29, 1.82) is 0 Å². The van der Waals surface area contributed by atoms with E-state index < -0.39 is 5.97 Å². The molecule has 2 aromatic rings. The summed E-state index contributed by atoms with van der Waals surface area (Å²) < 4.78 is 6.02. The van der Waals surface area contributed by atoms with Crippen LogP contribution in [0.25, 0.3) is 11.5 Å². The molecule has 2 rings (SSSR count). The topological polar surface area (TPSA) is 63.3 Å². The number of hydrogen-bond acceptors (Lipinski definition) is 3. The zero-order chi connectivity index (χ0) is 11.7. The average molecular weight is 282 g/mol. The van der Waals surface area contributed by atoms with E-state index >= 15 is 0 Å². The number of oxazole rings is 1. The Hall–Kier alpha value is -1.62. The second kappa shape index (κ2) is 4.09. The molecule has 0 fully saturated rings. The van der Waals surface area contributed by atoms with Crippen LogP contribution in [0.3, 0.4) is 0 Å². The molecule has 5 heteroatoms. The number of nitrogens with zero attached hydrogens (tertiary/aromatic N) is 1. The van der Waals surface area contributed by atoms with Gasteiger partial charge in [-0.05, 0) is 35.0 Å². The Kier molecular flexibility index (Phi) is 2.78. The SMILES string of the molecule is Cc1nc(-c2ccccc2Br)oc1C(=O)O. The van der Waals surface area contributed by atoms with Crippen LogP contribution in [0.15, 0.2) is 33.2 Å². The molecule has 4 nitrogen and oxygen atoms in total. The van der Waals surface area contributed by atoms with E-state index in [0.717, 1.165) is 10.0 Å². The molecule has 16 heavy (non-hydrogen) atoms. The highest BCUT2D eigenvalue weighted by molar-refractivity contribution is 9.10. The summed E-state index contributed by atoms with van der Waals surface area (Å²) >= 11 is 3.36. The van der Waals surface area contributed by atoms with Gasteiger partial charge in [0.1, 0.15) is 0 Å². The average Bonchev–Trinajstić information content (AvgIpc) is 2.61. The largest absolute Gasteiger partial charge is 0.475 e. The van der Waals surface area contributed by atoms with Crippen molar-refractivity contribution in [3.8, 4) is 11.5 Å². The predicted octanol–water partition coefficient (Wildman–Crippen LogP) is 3.11. The summed E-state index contributed by atoms with van der Waals surface area (Å²) in [5.41, 5.74) is 1.11. The summed E-state index contributed by atoms with van der Waals surface area (Å²) in [6.45, 7) is 1.60. The molecule has 0 saturated heterocycles. The lowest BCUT2D eigenvalue weighted by Crippen LogP contribution is -1.95. The molecule has 0 aliphatic carbocycles. The number of benzene rings is 1. The van der Waals surface area contributed by atoms with Gasteiger partial charge in [0, 0.05) is 4.47 Å². The van der Waals surface area contributed by atoms with E-state index in [1.807, 2.05) is 18.2 Å². The zero-order valence-corrected chi connectivity index (χ0v) is 9.98. The van der Waals surface area contributed by atoms with Crippen LogP contribution in [-0.4, -0.2) is 16.1 Å². The Labute approximate surface area is 100 Å². The highest BCUT2D eigenvalue weighted by Crippen LogP contribution is 2.28. The number of hydrogen-bond donors (Lipinski definition) is 1. The van der Waals surface area contributed by atoms with Crippen LogP contribution in [0.4, 0.5) is 0 Å². The molecule has 0 atom stereocenters. The van der Waals surface area contributed by atoms with Crippen molar-refractivity contribution >= 4 is 21.9 Å². The summed E-state index contributed by atoms with van der Waals surface area (Å²) in [6, 6.07) is 7.35. The maximum absolute atomic E-state index is 10.8. The van der Waals surface area contributed by atoms with Gasteiger partial charge < -0.3 is 9.52 Å².